The molecule has 2 rings (SSSR count). The van der Waals surface area contributed by atoms with Crippen LogP contribution in [0.1, 0.15) is 5.82 Å². The van der Waals surface area contributed by atoms with Gasteiger partial charge in [0.05, 0.1) is 11.0 Å². The summed E-state index contributed by atoms with van der Waals surface area (Å²) < 4.78 is 2.01. The smallest absolute Gasteiger partial charge is 0.134 e. The minimum atomic E-state index is 0.871. The first-order valence-electron chi connectivity index (χ1n) is 4.01. The number of para-hydroxylation sites is 2. The van der Waals surface area contributed by atoms with Crippen molar-refractivity contribution in [1.82, 2.24) is 9.55 Å². The Morgan fingerprint density at radius 1 is 1.38 bits per heavy atom. The maximum Gasteiger partial charge on any atom is 0.134 e. The number of aryl methyl sites for hydroxylation is 1. The van der Waals surface area contributed by atoms with Crippen LogP contribution in [0.25, 0.3) is 17.1 Å². The van der Waals surface area contributed by atoms with Crippen LogP contribution in [-0.2, 0) is 7.05 Å². The number of fused-ring (bicyclic) bond motifs is 1. The first kappa shape index (κ1) is 8.32. The highest BCUT2D eigenvalue weighted by atomic mass is 35.5. The molecule has 0 amide bonds. The monoisotopic (exact) mass is 192 g/mol. The number of hydrogen-bond acceptors (Lipinski definition) is 1. The van der Waals surface area contributed by atoms with E-state index in [2.05, 4.69) is 4.98 Å². The maximum atomic E-state index is 5.50. The molecule has 0 spiro atoms. The van der Waals surface area contributed by atoms with Crippen molar-refractivity contribution in [2.75, 3.05) is 0 Å². The minimum Gasteiger partial charge on any atom is -0.328 e. The molecule has 0 bridgehead atoms. The van der Waals surface area contributed by atoms with Crippen molar-refractivity contribution >= 4 is 28.7 Å². The molecule has 2 aromatic rings. The van der Waals surface area contributed by atoms with Crippen molar-refractivity contribution in [3.05, 3.63) is 35.6 Å². The molecular formula is C10H9ClN2. The van der Waals surface area contributed by atoms with Gasteiger partial charge >= 0.3 is 0 Å². The maximum absolute atomic E-state index is 5.50. The lowest BCUT2D eigenvalue weighted by atomic mass is 10.3. The van der Waals surface area contributed by atoms with Gasteiger partial charge in [0.25, 0.3) is 0 Å². The van der Waals surface area contributed by atoms with E-state index in [1.807, 2.05) is 35.9 Å². The molecule has 3 heteroatoms. The number of halogens is 1. The van der Waals surface area contributed by atoms with Gasteiger partial charge in [-0.3, -0.25) is 0 Å². The van der Waals surface area contributed by atoms with E-state index in [0.29, 0.717) is 0 Å². The van der Waals surface area contributed by atoms with Crippen molar-refractivity contribution in [1.29, 1.82) is 0 Å². The highest BCUT2D eigenvalue weighted by molar-refractivity contribution is 6.27. The Morgan fingerprint density at radius 3 is 2.85 bits per heavy atom. The summed E-state index contributed by atoms with van der Waals surface area (Å²) in [6, 6.07) is 8.00. The summed E-state index contributed by atoms with van der Waals surface area (Å²) in [5.74, 6) is 0.871. The SMILES string of the molecule is Cn1c(/C=C/Cl)nc2ccccc21. The topological polar surface area (TPSA) is 17.8 Å². The van der Waals surface area contributed by atoms with Gasteiger partial charge in [0, 0.05) is 12.6 Å². The molecule has 1 heterocycles. The van der Waals surface area contributed by atoms with Gasteiger partial charge in [-0.2, -0.15) is 0 Å². The first-order chi connectivity index (χ1) is 6.33. The van der Waals surface area contributed by atoms with Crippen molar-refractivity contribution in [2.24, 2.45) is 7.05 Å². The van der Waals surface area contributed by atoms with Crippen LogP contribution >= 0.6 is 11.6 Å². The van der Waals surface area contributed by atoms with E-state index in [0.717, 1.165) is 16.9 Å². The van der Waals surface area contributed by atoms with Gasteiger partial charge in [0.2, 0.25) is 0 Å². The van der Waals surface area contributed by atoms with Crippen LogP contribution < -0.4 is 0 Å². The van der Waals surface area contributed by atoms with Gasteiger partial charge in [0.1, 0.15) is 5.82 Å². The van der Waals surface area contributed by atoms with Gasteiger partial charge in [-0.15, -0.1) is 0 Å². The van der Waals surface area contributed by atoms with E-state index < -0.39 is 0 Å². The van der Waals surface area contributed by atoms with Crippen LogP contribution in [0.4, 0.5) is 0 Å². The Kier molecular flexibility index (Phi) is 2.07. The largest absolute Gasteiger partial charge is 0.328 e. The molecule has 0 radical (unpaired) electrons. The second-order valence-electron chi connectivity index (χ2n) is 2.81. The van der Waals surface area contributed by atoms with E-state index in [9.17, 15) is 0 Å². The molecule has 0 N–H and O–H groups in total. The molecule has 1 aromatic heterocycles. The minimum absolute atomic E-state index is 0.871. The quantitative estimate of drug-likeness (QED) is 0.680. The zero-order valence-electron chi connectivity index (χ0n) is 7.24. The number of imidazole rings is 1. The molecule has 0 saturated carbocycles. The lowest BCUT2D eigenvalue weighted by Crippen LogP contribution is -1.89. The van der Waals surface area contributed by atoms with Crippen molar-refractivity contribution in [3.63, 3.8) is 0 Å². The highest BCUT2D eigenvalue weighted by Crippen LogP contribution is 2.14. The van der Waals surface area contributed by atoms with Crippen LogP contribution in [-0.4, -0.2) is 9.55 Å². The lowest BCUT2D eigenvalue weighted by Gasteiger charge is -1.94. The molecule has 0 aliphatic rings. The number of nitrogens with zero attached hydrogens (tertiary/aromatic N) is 2. The predicted octanol–water partition coefficient (Wildman–Crippen LogP) is 2.78. The van der Waals surface area contributed by atoms with Crippen molar-refractivity contribution in [3.8, 4) is 0 Å². The second kappa shape index (κ2) is 3.23. The molecule has 0 aliphatic heterocycles. The molecule has 0 fully saturated rings. The number of hydrogen-bond donors (Lipinski definition) is 0. The van der Waals surface area contributed by atoms with E-state index in [4.69, 9.17) is 11.6 Å². The summed E-state index contributed by atoms with van der Waals surface area (Å²) in [5, 5.41) is 0. The fourth-order valence-electron chi connectivity index (χ4n) is 1.37. The summed E-state index contributed by atoms with van der Waals surface area (Å²) in [5.41, 5.74) is 3.59. The van der Waals surface area contributed by atoms with Gasteiger partial charge in [-0.1, -0.05) is 23.7 Å². The zero-order valence-corrected chi connectivity index (χ0v) is 7.99. The second-order valence-corrected chi connectivity index (χ2v) is 3.06. The first-order valence-corrected chi connectivity index (χ1v) is 4.45. The Bertz CT molecular complexity index is 457. The summed E-state index contributed by atoms with van der Waals surface area (Å²) in [6.07, 6.45) is 1.78. The number of benzene rings is 1. The highest BCUT2D eigenvalue weighted by Gasteiger charge is 2.02. The Hall–Kier alpha value is -1.28. The Balaban J connectivity index is 2.73. The van der Waals surface area contributed by atoms with Crippen LogP contribution in [0.3, 0.4) is 0 Å². The third-order valence-electron chi connectivity index (χ3n) is 2.03. The third kappa shape index (κ3) is 1.33. The lowest BCUT2D eigenvalue weighted by molar-refractivity contribution is 0.930. The molecule has 0 aliphatic carbocycles. The van der Waals surface area contributed by atoms with E-state index in [1.165, 1.54) is 5.54 Å². The predicted molar refractivity (Wildman–Crippen MR) is 55.6 cm³/mol. The molecule has 0 atom stereocenters. The fourth-order valence-corrected chi connectivity index (χ4v) is 1.48. The fraction of sp³-hybridized carbons (Fsp3) is 0.100. The third-order valence-corrected chi connectivity index (χ3v) is 2.16. The summed E-state index contributed by atoms with van der Waals surface area (Å²) in [6.45, 7) is 0. The van der Waals surface area contributed by atoms with E-state index in [1.54, 1.807) is 6.08 Å². The van der Waals surface area contributed by atoms with Gasteiger partial charge in [0.15, 0.2) is 0 Å². The summed E-state index contributed by atoms with van der Waals surface area (Å²) >= 11 is 5.50. The zero-order chi connectivity index (χ0) is 9.26. The molecule has 66 valence electrons. The van der Waals surface area contributed by atoms with Crippen molar-refractivity contribution < 1.29 is 0 Å². The Labute approximate surface area is 81.5 Å². The number of aromatic nitrogens is 2. The van der Waals surface area contributed by atoms with Crippen LogP contribution in [0.5, 0.6) is 0 Å². The van der Waals surface area contributed by atoms with Crippen LogP contribution in [0.15, 0.2) is 29.8 Å². The summed E-state index contributed by atoms with van der Waals surface area (Å²) in [7, 11) is 1.97. The van der Waals surface area contributed by atoms with E-state index in [-0.39, 0.29) is 0 Å². The molecular weight excluding hydrogens is 184 g/mol. The molecule has 13 heavy (non-hydrogen) atoms. The normalized spacial score (nSPS) is 11.5. The van der Waals surface area contributed by atoms with Gasteiger partial charge < -0.3 is 4.57 Å². The Morgan fingerprint density at radius 2 is 2.15 bits per heavy atom. The molecule has 1 aromatic carbocycles. The van der Waals surface area contributed by atoms with Crippen molar-refractivity contribution in [2.45, 2.75) is 0 Å². The average molecular weight is 193 g/mol. The summed E-state index contributed by atoms with van der Waals surface area (Å²) in [4.78, 5) is 4.39. The molecule has 2 nitrogen and oxygen atoms in total. The average Bonchev–Trinajstić information content (AvgIpc) is 2.46. The molecule has 0 unspecified atom stereocenters. The number of rotatable bonds is 1. The van der Waals surface area contributed by atoms with Crippen LogP contribution in [0, 0.1) is 0 Å². The van der Waals surface area contributed by atoms with Crippen LogP contribution in [0.2, 0.25) is 0 Å². The molecule has 0 saturated heterocycles. The van der Waals surface area contributed by atoms with E-state index >= 15 is 0 Å². The van der Waals surface area contributed by atoms with Gasteiger partial charge in [-0.25, -0.2) is 4.98 Å². The standard InChI is InChI=1S/C10H9ClN2/c1-13-9-5-3-2-4-8(9)12-10(13)6-7-11/h2-7H,1H3/b7-6+. The van der Waals surface area contributed by atoms with Gasteiger partial charge in [-0.05, 0) is 18.2 Å².